The van der Waals surface area contributed by atoms with E-state index < -0.39 is 0 Å². The molecule has 3 nitrogen and oxygen atoms in total. The van der Waals surface area contributed by atoms with Gasteiger partial charge in [0.15, 0.2) is 0 Å². The average molecular weight is 252 g/mol. The first kappa shape index (κ1) is 11.7. The van der Waals surface area contributed by atoms with Gasteiger partial charge in [-0.05, 0) is 51.9 Å². The van der Waals surface area contributed by atoms with Crippen molar-refractivity contribution >= 4 is 0 Å². The lowest BCUT2D eigenvalue weighted by Gasteiger charge is -2.28. The van der Waals surface area contributed by atoms with Crippen LogP contribution >= 0.6 is 0 Å². The summed E-state index contributed by atoms with van der Waals surface area (Å²) in [5.41, 5.74) is 0.363. The van der Waals surface area contributed by atoms with Crippen LogP contribution in [0.5, 0.6) is 0 Å². The first-order chi connectivity index (χ1) is 8.57. The topological polar surface area (TPSA) is 34.3 Å². The number of ether oxygens (including phenoxy) is 3. The summed E-state index contributed by atoms with van der Waals surface area (Å²) in [7, 11) is 0. The van der Waals surface area contributed by atoms with Gasteiger partial charge in [-0.3, -0.25) is 0 Å². The molecule has 2 heterocycles. The van der Waals surface area contributed by atoms with E-state index in [1.807, 2.05) is 0 Å². The van der Waals surface area contributed by atoms with Gasteiger partial charge in [-0.25, -0.2) is 0 Å². The molecule has 0 amide bonds. The molecular formula is C15H24O3. The highest BCUT2D eigenvalue weighted by Gasteiger charge is 2.57. The fraction of sp³-hybridized carbons (Fsp3) is 1.00. The van der Waals surface area contributed by atoms with Crippen molar-refractivity contribution in [3.8, 4) is 0 Å². The molecule has 4 aliphatic rings. The molecule has 18 heavy (non-hydrogen) atoms. The summed E-state index contributed by atoms with van der Waals surface area (Å²) in [6, 6.07) is 0. The van der Waals surface area contributed by atoms with Gasteiger partial charge >= 0.3 is 0 Å². The zero-order chi connectivity index (χ0) is 12.4. The maximum absolute atomic E-state index is 6.16. The van der Waals surface area contributed by atoms with Gasteiger partial charge in [0.25, 0.3) is 0 Å². The van der Waals surface area contributed by atoms with Crippen LogP contribution in [0.1, 0.15) is 52.4 Å². The van der Waals surface area contributed by atoms with E-state index in [2.05, 4.69) is 13.8 Å². The quantitative estimate of drug-likeness (QED) is 0.724. The minimum absolute atomic E-state index is 0.159. The van der Waals surface area contributed by atoms with Crippen LogP contribution < -0.4 is 0 Å². The molecule has 102 valence electrons. The summed E-state index contributed by atoms with van der Waals surface area (Å²) >= 11 is 0. The standard InChI is InChI=1S/C15H24O3/c1-14-7-10(3-5-12(14)17-14)9-16-11-4-6-13-15(2,8-11)18-13/h10-13H,3-9H2,1-2H3. The highest BCUT2D eigenvalue weighted by atomic mass is 16.6. The first-order valence-corrected chi connectivity index (χ1v) is 7.55. The first-order valence-electron chi connectivity index (χ1n) is 7.55. The van der Waals surface area contributed by atoms with E-state index in [0.717, 1.165) is 13.0 Å². The maximum atomic E-state index is 6.16. The van der Waals surface area contributed by atoms with Crippen LogP contribution in [-0.2, 0) is 14.2 Å². The predicted octanol–water partition coefficient (Wildman–Crippen LogP) is 2.67. The summed E-state index contributed by atoms with van der Waals surface area (Å²) in [5, 5.41) is 0. The van der Waals surface area contributed by atoms with Crippen LogP contribution in [-0.4, -0.2) is 36.1 Å². The number of hydrogen-bond donors (Lipinski definition) is 0. The Morgan fingerprint density at radius 1 is 0.944 bits per heavy atom. The molecule has 0 bridgehead atoms. The number of rotatable bonds is 3. The number of hydrogen-bond acceptors (Lipinski definition) is 3. The molecule has 4 rings (SSSR count). The van der Waals surface area contributed by atoms with Gasteiger partial charge in [0.1, 0.15) is 0 Å². The predicted molar refractivity (Wildman–Crippen MR) is 67.5 cm³/mol. The van der Waals surface area contributed by atoms with Crippen LogP contribution in [0.2, 0.25) is 0 Å². The molecule has 0 radical (unpaired) electrons. The molecule has 0 aromatic rings. The summed E-state index contributed by atoms with van der Waals surface area (Å²) in [6.07, 6.45) is 8.70. The lowest BCUT2D eigenvalue weighted by molar-refractivity contribution is -0.00453. The second kappa shape index (κ2) is 3.71. The monoisotopic (exact) mass is 252 g/mol. The zero-order valence-corrected chi connectivity index (χ0v) is 11.5. The van der Waals surface area contributed by atoms with Crippen LogP contribution in [0.4, 0.5) is 0 Å². The van der Waals surface area contributed by atoms with Gasteiger partial charge < -0.3 is 14.2 Å². The third-order valence-corrected chi connectivity index (χ3v) is 5.55. The number of epoxide rings is 2. The van der Waals surface area contributed by atoms with Crippen molar-refractivity contribution in [2.75, 3.05) is 6.61 Å². The zero-order valence-electron chi connectivity index (χ0n) is 11.5. The van der Waals surface area contributed by atoms with Gasteiger partial charge in [-0.15, -0.1) is 0 Å². The van der Waals surface area contributed by atoms with Gasteiger partial charge in [-0.1, -0.05) is 0 Å². The summed E-state index contributed by atoms with van der Waals surface area (Å²) < 4.78 is 17.6. The van der Waals surface area contributed by atoms with Crippen molar-refractivity contribution in [3.63, 3.8) is 0 Å². The maximum Gasteiger partial charge on any atom is 0.0945 e. The van der Waals surface area contributed by atoms with E-state index >= 15 is 0 Å². The molecule has 3 heteroatoms. The Kier molecular flexibility index (Phi) is 2.41. The van der Waals surface area contributed by atoms with E-state index in [0.29, 0.717) is 24.2 Å². The molecule has 2 aliphatic heterocycles. The highest BCUT2D eigenvalue weighted by Crippen LogP contribution is 2.50. The summed E-state index contributed by atoms with van der Waals surface area (Å²) in [6.45, 7) is 5.42. The Hall–Kier alpha value is -0.120. The fourth-order valence-electron chi connectivity index (χ4n) is 4.18. The van der Waals surface area contributed by atoms with Gasteiger partial charge in [0.05, 0.1) is 29.5 Å². The Morgan fingerprint density at radius 3 is 2.28 bits per heavy atom. The van der Waals surface area contributed by atoms with Gasteiger partial charge in [0, 0.05) is 13.0 Å². The van der Waals surface area contributed by atoms with Crippen LogP contribution in [0.25, 0.3) is 0 Å². The van der Waals surface area contributed by atoms with Gasteiger partial charge in [-0.2, -0.15) is 0 Å². The van der Waals surface area contributed by atoms with Crippen LogP contribution in [0.15, 0.2) is 0 Å². The molecule has 6 atom stereocenters. The smallest absolute Gasteiger partial charge is 0.0945 e. The molecule has 0 aromatic heterocycles. The Bertz CT molecular complexity index is 324. The molecule has 2 aliphatic carbocycles. The van der Waals surface area contributed by atoms with E-state index in [1.54, 1.807) is 0 Å². The summed E-state index contributed by atoms with van der Waals surface area (Å²) in [4.78, 5) is 0. The minimum Gasteiger partial charge on any atom is -0.378 e. The molecule has 0 spiro atoms. The molecule has 4 fully saturated rings. The minimum atomic E-state index is 0.159. The SMILES string of the molecule is CC12CC(COC3CCC4OC4(C)C3)CCC1O2. The summed E-state index contributed by atoms with van der Waals surface area (Å²) in [5.74, 6) is 0.708. The van der Waals surface area contributed by atoms with Crippen molar-refractivity contribution in [2.45, 2.75) is 81.9 Å². The van der Waals surface area contributed by atoms with E-state index in [9.17, 15) is 0 Å². The second-order valence-electron chi connectivity index (χ2n) is 7.22. The second-order valence-corrected chi connectivity index (χ2v) is 7.22. The molecule has 2 saturated heterocycles. The van der Waals surface area contributed by atoms with Crippen molar-refractivity contribution in [3.05, 3.63) is 0 Å². The van der Waals surface area contributed by atoms with E-state index in [1.165, 1.54) is 32.1 Å². The van der Waals surface area contributed by atoms with Gasteiger partial charge in [0.2, 0.25) is 0 Å². The van der Waals surface area contributed by atoms with E-state index in [-0.39, 0.29) is 11.2 Å². The Balaban J connectivity index is 1.26. The van der Waals surface area contributed by atoms with Crippen molar-refractivity contribution in [1.82, 2.24) is 0 Å². The lowest BCUT2D eigenvalue weighted by atomic mass is 9.82. The Morgan fingerprint density at radius 2 is 1.61 bits per heavy atom. The van der Waals surface area contributed by atoms with Crippen molar-refractivity contribution in [2.24, 2.45) is 5.92 Å². The highest BCUT2D eigenvalue weighted by molar-refractivity contribution is 5.05. The molecular weight excluding hydrogens is 228 g/mol. The molecule has 0 N–H and O–H groups in total. The van der Waals surface area contributed by atoms with Crippen LogP contribution in [0, 0.1) is 5.92 Å². The fourth-order valence-corrected chi connectivity index (χ4v) is 4.18. The lowest BCUT2D eigenvalue weighted by Crippen LogP contribution is -2.31. The average Bonchev–Trinajstić information content (AvgIpc) is 3.18. The molecule has 6 unspecified atom stereocenters. The van der Waals surface area contributed by atoms with Crippen molar-refractivity contribution in [1.29, 1.82) is 0 Å². The van der Waals surface area contributed by atoms with E-state index in [4.69, 9.17) is 14.2 Å². The third kappa shape index (κ3) is 1.91. The van der Waals surface area contributed by atoms with Crippen LogP contribution in [0.3, 0.4) is 0 Å². The molecule has 0 aromatic carbocycles. The normalized spacial score (nSPS) is 57.7. The Labute approximate surface area is 109 Å². The number of fused-ring (bicyclic) bond motifs is 2. The third-order valence-electron chi connectivity index (χ3n) is 5.55. The largest absolute Gasteiger partial charge is 0.378 e. The molecule has 2 saturated carbocycles. The van der Waals surface area contributed by atoms with Crippen molar-refractivity contribution < 1.29 is 14.2 Å².